The number of carbonyl (C=O) groups is 1. The van der Waals surface area contributed by atoms with Gasteiger partial charge in [0.15, 0.2) is 0 Å². The molecule has 0 aliphatic carbocycles. The molecule has 1 amide bonds. The van der Waals surface area contributed by atoms with Crippen LogP contribution >= 0.6 is 0 Å². The van der Waals surface area contributed by atoms with Crippen LogP contribution in [-0.4, -0.2) is 38.1 Å². The first-order valence-corrected chi connectivity index (χ1v) is 6.19. The van der Waals surface area contributed by atoms with Gasteiger partial charge in [-0.05, 0) is 38.2 Å². The van der Waals surface area contributed by atoms with E-state index in [-0.39, 0.29) is 5.91 Å². The van der Waals surface area contributed by atoms with Crippen molar-refractivity contribution < 1.29 is 9.53 Å². The highest BCUT2D eigenvalue weighted by Crippen LogP contribution is 2.14. The van der Waals surface area contributed by atoms with Crippen molar-refractivity contribution in [3.8, 4) is 5.75 Å². The van der Waals surface area contributed by atoms with Gasteiger partial charge in [-0.2, -0.15) is 0 Å². The number of nitrogens with one attached hydrogen (secondary N) is 1. The third-order valence-corrected chi connectivity index (χ3v) is 2.36. The number of rotatable bonds is 7. The Morgan fingerprint density at radius 2 is 2.17 bits per heavy atom. The predicted molar refractivity (Wildman–Crippen MR) is 72.6 cm³/mol. The molecule has 1 aromatic carbocycles. The zero-order valence-electron chi connectivity index (χ0n) is 11.4. The Hall–Kier alpha value is -1.55. The summed E-state index contributed by atoms with van der Waals surface area (Å²) in [5, 5.41) is 2.74. The van der Waals surface area contributed by atoms with Crippen LogP contribution in [0.15, 0.2) is 24.3 Å². The molecule has 0 spiro atoms. The van der Waals surface area contributed by atoms with E-state index in [1.807, 2.05) is 26.2 Å². The molecule has 1 N–H and O–H groups in total. The lowest BCUT2D eigenvalue weighted by atomic mass is 10.2. The fraction of sp³-hybridized carbons (Fsp3) is 0.500. The summed E-state index contributed by atoms with van der Waals surface area (Å²) >= 11 is 0. The van der Waals surface area contributed by atoms with Crippen molar-refractivity contribution in [3.63, 3.8) is 0 Å². The van der Waals surface area contributed by atoms with Gasteiger partial charge in [0.05, 0.1) is 6.61 Å². The van der Waals surface area contributed by atoms with Gasteiger partial charge in [0.2, 0.25) is 5.91 Å². The molecule has 4 nitrogen and oxygen atoms in total. The standard InChI is InChI=1S/C14H22N2O2/c1-12(17)15-8-5-9-18-14-7-4-6-13(10-14)11-16(2)3/h4,6-7,10H,5,8-9,11H2,1-3H3,(H,15,17). The number of hydrogen-bond acceptors (Lipinski definition) is 3. The number of ether oxygens (including phenoxy) is 1. The van der Waals surface area contributed by atoms with Crippen LogP contribution in [0.2, 0.25) is 0 Å². The Morgan fingerprint density at radius 1 is 1.39 bits per heavy atom. The normalized spacial score (nSPS) is 10.4. The van der Waals surface area contributed by atoms with Crippen LogP contribution < -0.4 is 10.1 Å². The second kappa shape index (κ2) is 7.71. The van der Waals surface area contributed by atoms with Crippen LogP contribution in [0.1, 0.15) is 18.9 Å². The van der Waals surface area contributed by atoms with E-state index in [1.165, 1.54) is 12.5 Å². The second-order valence-electron chi connectivity index (χ2n) is 4.57. The first kappa shape index (κ1) is 14.5. The average molecular weight is 250 g/mol. The lowest BCUT2D eigenvalue weighted by Crippen LogP contribution is -2.22. The Kier molecular flexibility index (Phi) is 6.22. The van der Waals surface area contributed by atoms with Crippen molar-refractivity contribution in [1.29, 1.82) is 0 Å². The predicted octanol–water partition coefficient (Wildman–Crippen LogP) is 1.65. The maximum Gasteiger partial charge on any atom is 0.216 e. The zero-order chi connectivity index (χ0) is 13.4. The lowest BCUT2D eigenvalue weighted by Gasteiger charge is -2.11. The Balaban J connectivity index is 2.31. The molecule has 0 heterocycles. The molecule has 1 rings (SSSR count). The van der Waals surface area contributed by atoms with E-state index in [0.717, 1.165) is 18.7 Å². The minimum Gasteiger partial charge on any atom is -0.494 e. The quantitative estimate of drug-likeness (QED) is 0.748. The van der Waals surface area contributed by atoms with Gasteiger partial charge in [-0.3, -0.25) is 4.79 Å². The molecule has 1 aromatic rings. The summed E-state index contributed by atoms with van der Waals surface area (Å²) in [6.45, 7) is 3.70. The van der Waals surface area contributed by atoms with Crippen molar-refractivity contribution in [1.82, 2.24) is 10.2 Å². The highest BCUT2D eigenvalue weighted by atomic mass is 16.5. The summed E-state index contributed by atoms with van der Waals surface area (Å²) in [6.07, 6.45) is 0.817. The third kappa shape index (κ3) is 6.25. The number of hydrogen-bond donors (Lipinski definition) is 1. The number of carbonyl (C=O) groups excluding carboxylic acids is 1. The zero-order valence-corrected chi connectivity index (χ0v) is 11.4. The molecule has 0 unspecified atom stereocenters. The molecular weight excluding hydrogens is 228 g/mol. The van der Waals surface area contributed by atoms with Gasteiger partial charge in [-0.1, -0.05) is 12.1 Å². The first-order valence-electron chi connectivity index (χ1n) is 6.19. The van der Waals surface area contributed by atoms with E-state index < -0.39 is 0 Å². The van der Waals surface area contributed by atoms with Crippen molar-refractivity contribution in [2.75, 3.05) is 27.2 Å². The summed E-state index contributed by atoms with van der Waals surface area (Å²) in [5.41, 5.74) is 1.24. The number of nitrogens with zero attached hydrogens (tertiary/aromatic N) is 1. The highest BCUT2D eigenvalue weighted by molar-refractivity contribution is 5.72. The van der Waals surface area contributed by atoms with Gasteiger partial charge in [-0.15, -0.1) is 0 Å². The Morgan fingerprint density at radius 3 is 2.83 bits per heavy atom. The van der Waals surface area contributed by atoms with Crippen molar-refractivity contribution in [2.24, 2.45) is 0 Å². The molecule has 0 radical (unpaired) electrons. The summed E-state index contributed by atoms with van der Waals surface area (Å²) < 4.78 is 5.64. The first-order chi connectivity index (χ1) is 8.58. The number of amides is 1. The molecule has 0 atom stereocenters. The molecular formula is C14H22N2O2. The van der Waals surface area contributed by atoms with Gasteiger partial charge >= 0.3 is 0 Å². The fourth-order valence-electron chi connectivity index (χ4n) is 1.63. The fourth-order valence-corrected chi connectivity index (χ4v) is 1.63. The summed E-state index contributed by atoms with van der Waals surface area (Å²) in [7, 11) is 4.09. The molecule has 0 aliphatic heterocycles. The van der Waals surface area contributed by atoms with Gasteiger partial charge < -0.3 is 15.0 Å². The molecule has 18 heavy (non-hydrogen) atoms. The van der Waals surface area contributed by atoms with E-state index in [1.54, 1.807) is 0 Å². The lowest BCUT2D eigenvalue weighted by molar-refractivity contribution is -0.118. The van der Waals surface area contributed by atoms with Crippen LogP contribution in [0.4, 0.5) is 0 Å². The maximum absolute atomic E-state index is 10.7. The van der Waals surface area contributed by atoms with Gasteiger partial charge in [0.1, 0.15) is 5.75 Å². The van der Waals surface area contributed by atoms with Gasteiger partial charge in [0.25, 0.3) is 0 Å². The molecule has 0 bridgehead atoms. The summed E-state index contributed by atoms with van der Waals surface area (Å²) in [4.78, 5) is 12.8. The minimum absolute atomic E-state index is 0.00276. The molecule has 0 aliphatic rings. The monoisotopic (exact) mass is 250 g/mol. The van der Waals surface area contributed by atoms with E-state index in [2.05, 4.69) is 22.3 Å². The maximum atomic E-state index is 10.7. The van der Waals surface area contributed by atoms with Crippen LogP contribution in [0.5, 0.6) is 5.75 Å². The van der Waals surface area contributed by atoms with Crippen LogP contribution in [0.3, 0.4) is 0 Å². The smallest absolute Gasteiger partial charge is 0.216 e. The van der Waals surface area contributed by atoms with E-state index in [0.29, 0.717) is 13.2 Å². The van der Waals surface area contributed by atoms with Crippen LogP contribution in [-0.2, 0) is 11.3 Å². The third-order valence-electron chi connectivity index (χ3n) is 2.36. The van der Waals surface area contributed by atoms with Gasteiger partial charge in [-0.25, -0.2) is 0 Å². The summed E-state index contributed by atoms with van der Waals surface area (Å²) in [6, 6.07) is 8.10. The van der Waals surface area contributed by atoms with Crippen molar-refractivity contribution in [3.05, 3.63) is 29.8 Å². The molecule has 0 saturated heterocycles. The van der Waals surface area contributed by atoms with Crippen molar-refractivity contribution >= 4 is 5.91 Å². The molecule has 0 fully saturated rings. The molecule has 0 saturated carbocycles. The van der Waals surface area contributed by atoms with Crippen molar-refractivity contribution in [2.45, 2.75) is 19.9 Å². The van der Waals surface area contributed by atoms with E-state index >= 15 is 0 Å². The number of benzene rings is 1. The average Bonchev–Trinajstić information content (AvgIpc) is 2.27. The van der Waals surface area contributed by atoms with Gasteiger partial charge in [0, 0.05) is 20.0 Å². The van der Waals surface area contributed by atoms with E-state index in [4.69, 9.17) is 4.74 Å². The van der Waals surface area contributed by atoms with Crippen LogP contribution in [0, 0.1) is 0 Å². The SMILES string of the molecule is CC(=O)NCCCOc1cccc(CN(C)C)c1. The largest absolute Gasteiger partial charge is 0.494 e. The summed E-state index contributed by atoms with van der Waals surface area (Å²) in [5.74, 6) is 0.889. The Labute approximate surface area is 109 Å². The molecule has 0 aromatic heterocycles. The molecule has 4 heteroatoms. The second-order valence-corrected chi connectivity index (χ2v) is 4.57. The highest BCUT2D eigenvalue weighted by Gasteiger charge is 1.99. The van der Waals surface area contributed by atoms with E-state index in [9.17, 15) is 4.79 Å². The topological polar surface area (TPSA) is 41.6 Å². The Bertz CT molecular complexity index is 378. The van der Waals surface area contributed by atoms with Crippen LogP contribution in [0.25, 0.3) is 0 Å². The molecule has 100 valence electrons. The minimum atomic E-state index is 0.00276.